The van der Waals surface area contributed by atoms with E-state index in [0.29, 0.717) is 0 Å². The molecule has 3 heterocycles. The molecular formula is C10H8N6O3S. The van der Waals surface area contributed by atoms with Gasteiger partial charge in [0.2, 0.25) is 5.88 Å². The van der Waals surface area contributed by atoms with Crippen LogP contribution in [0.5, 0.6) is 0 Å². The first kappa shape index (κ1) is 12.6. The van der Waals surface area contributed by atoms with Crippen molar-refractivity contribution in [1.29, 1.82) is 5.26 Å². The van der Waals surface area contributed by atoms with Gasteiger partial charge < -0.3 is 9.84 Å². The Kier molecular flexibility index (Phi) is 2.92. The maximum Gasteiger partial charge on any atom is 0.303 e. The number of hydrogen-bond acceptors (Lipinski definition) is 8. The summed E-state index contributed by atoms with van der Waals surface area (Å²) in [5, 5.41) is 31.0. The molecule has 1 unspecified atom stereocenters. The first-order valence-electron chi connectivity index (χ1n) is 5.52. The zero-order chi connectivity index (χ0) is 14.3. The summed E-state index contributed by atoms with van der Waals surface area (Å²) in [4.78, 5) is 12.4. The third-order valence-corrected chi connectivity index (χ3v) is 3.57. The van der Waals surface area contributed by atoms with Crippen molar-refractivity contribution in [3.05, 3.63) is 21.5 Å². The summed E-state index contributed by atoms with van der Waals surface area (Å²) >= 11 is 1.24. The van der Waals surface area contributed by atoms with Crippen molar-refractivity contribution in [2.45, 2.75) is 5.44 Å². The number of aromatic nitrogens is 5. The van der Waals surface area contributed by atoms with Crippen LogP contribution < -0.4 is 5.56 Å². The van der Waals surface area contributed by atoms with E-state index >= 15 is 0 Å². The second-order valence-corrected chi connectivity index (χ2v) is 4.94. The summed E-state index contributed by atoms with van der Waals surface area (Å²) in [6.07, 6.45) is 0. The molecule has 1 atom stereocenters. The molecule has 0 amide bonds. The highest BCUT2D eigenvalue weighted by atomic mass is 32.2. The van der Waals surface area contributed by atoms with Crippen LogP contribution in [0.1, 0.15) is 5.69 Å². The molecule has 3 rings (SSSR count). The molecule has 1 N–H and O–H groups in total. The lowest BCUT2D eigenvalue weighted by Gasteiger charge is -2.09. The van der Waals surface area contributed by atoms with E-state index < -0.39 is 11.0 Å². The lowest BCUT2D eigenvalue weighted by Crippen LogP contribution is -2.26. The van der Waals surface area contributed by atoms with Crippen molar-refractivity contribution in [3.63, 3.8) is 0 Å². The molecule has 0 fully saturated rings. The van der Waals surface area contributed by atoms with Gasteiger partial charge in [0.15, 0.2) is 22.2 Å². The third kappa shape index (κ3) is 1.75. The number of aryl methyl sites for hydroxylation is 1. The zero-order valence-corrected chi connectivity index (χ0v) is 11.0. The van der Waals surface area contributed by atoms with Crippen molar-refractivity contribution in [3.8, 4) is 6.07 Å². The normalized spacial score (nSPS) is 17.9. The van der Waals surface area contributed by atoms with Gasteiger partial charge in [0, 0.05) is 12.5 Å². The van der Waals surface area contributed by atoms with Gasteiger partial charge >= 0.3 is 5.56 Å². The third-order valence-electron chi connectivity index (χ3n) is 2.69. The van der Waals surface area contributed by atoms with E-state index in [4.69, 9.17) is 15.1 Å². The van der Waals surface area contributed by atoms with Crippen LogP contribution in [0.3, 0.4) is 0 Å². The number of rotatable bonds is 2. The van der Waals surface area contributed by atoms with Crippen LogP contribution in [-0.4, -0.2) is 41.9 Å². The highest BCUT2D eigenvalue weighted by Crippen LogP contribution is 2.28. The lowest BCUT2D eigenvalue weighted by atomic mass is 10.4. The fourth-order valence-electron chi connectivity index (χ4n) is 1.80. The predicted molar refractivity (Wildman–Crippen MR) is 69.1 cm³/mol. The molecule has 9 nitrogen and oxygen atoms in total. The van der Waals surface area contributed by atoms with Crippen LogP contribution >= 0.6 is 11.8 Å². The Morgan fingerprint density at radius 2 is 2.45 bits per heavy atom. The fourth-order valence-corrected chi connectivity index (χ4v) is 2.47. The van der Waals surface area contributed by atoms with Crippen LogP contribution in [0.4, 0.5) is 0 Å². The van der Waals surface area contributed by atoms with Gasteiger partial charge in [-0.05, 0) is 0 Å². The van der Waals surface area contributed by atoms with Crippen LogP contribution in [0, 0.1) is 11.3 Å². The standard InChI is InChI=1S/C10H8N6O3S/c1-15-9-8(5(2-11)13-15)12-14-16(10(9)18)6-4-20-7(3-17)19-6/h4,7,17H,3H2,1H3. The Bertz CT molecular complexity index is 817. The molecule has 0 radical (unpaired) electrons. The molecular weight excluding hydrogens is 284 g/mol. The molecule has 0 saturated heterocycles. The Morgan fingerprint density at radius 1 is 1.65 bits per heavy atom. The summed E-state index contributed by atoms with van der Waals surface area (Å²) in [5.41, 5.74) is -0.588. The number of fused-ring (bicyclic) bond motifs is 1. The minimum Gasteiger partial charge on any atom is -0.460 e. The maximum atomic E-state index is 12.4. The van der Waals surface area contributed by atoms with Crippen molar-refractivity contribution in [2.75, 3.05) is 6.61 Å². The second-order valence-electron chi connectivity index (χ2n) is 3.91. The number of nitriles is 1. The van der Waals surface area contributed by atoms with Crippen molar-refractivity contribution in [2.24, 2.45) is 7.05 Å². The van der Waals surface area contributed by atoms with Crippen LogP contribution in [0.2, 0.25) is 0 Å². The van der Waals surface area contributed by atoms with Crippen molar-refractivity contribution in [1.82, 2.24) is 24.8 Å². The molecule has 1 aliphatic rings. The monoisotopic (exact) mass is 292 g/mol. The Hall–Kier alpha value is -2.38. The molecule has 20 heavy (non-hydrogen) atoms. The summed E-state index contributed by atoms with van der Waals surface area (Å²) < 4.78 is 7.60. The van der Waals surface area contributed by atoms with E-state index in [9.17, 15) is 4.79 Å². The zero-order valence-electron chi connectivity index (χ0n) is 10.2. The molecule has 1 aliphatic heterocycles. The molecule has 2 aromatic heterocycles. The molecule has 0 aliphatic carbocycles. The smallest absolute Gasteiger partial charge is 0.303 e. The lowest BCUT2D eigenvalue weighted by molar-refractivity contribution is 0.149. The average molecular weight is 292 g/mol. The molecule has 2 aromatic rings. The fraction of sp³-hybridized carbons (Fsp3) is 0.300. The van der Waals surface area contributed by atoms with Gasteiger partial charge in [-0.2, -0.15) is 10.4 Å². The summed E-state index contributed by atoms with van der Waals surface area (Å²) in [6, 6.07) is 1.86. The van der Waals surface area contributed by atoms with E-state index in [0.717, 1.165) is 4.68 Å². The maximum absolute atomic E-state index is 12.4. The van der Waals surface area contributed by atoms with E-state index in [2.05, 4.69) is 15.4 Å². The van der Waals surface area contributed by atoms with E-state index in [1.54, 1.807) is 12.5 Å². The summed E-state index contributed by atoms with van der Waals surface area (Å²) in [5.74, 6) is 0.188. The van der Waals surface area contributed by atoms with Gasteiger partial charge in [-0.1, -0.05) is 17.0 Å². The Morgan fingerprint density at radius 3 is 3.10 bits per heavy atom. The van der Waals surface area contributed by atoms with Gasteiger partial charge in [0.25, 0.3) is 0 Å². The number of aliphatic hydroxyl groups is 1. The summed E-state index contributed by atoms with van der Waals surface area (Å²) in [7, 11) is 1.55. The van der Waals surface area contributed by atoms with Crippen LogP contribution in [0.25, 0.3) is 16.9 Å². The quantitative estimate of drug-likeness (QED) is 0.766. The van der Waals surface area contributed by atoms with Crippen molar-refractivity contribution >= 4 is 28.7 Å². The van der Waals surface area contributed by atoms with Crippen LogP contribution in [0.15, 0.2) is 10.2 Å². The SMILES string of the molecule is Cn1nc(C#N)c2nnn(C3=CSC(CO)O3)c(=O)c21. The van der Waals surface area contributed by atoms with E-state index in [1.807, 2.05) is 6.07 Å². The Labute approximate surface area is 116 Å². The molecule has 10 heteroatoms. The second kappa shape index (κ2) is 4.62. The van der Waals surface area contributed by atoms with Gasteiger partial charge in [0.1, 0.15) is 6.07 Å². The predicted octanol–water partition coefficient (Wildman–Crippen LogP) is -0.766. The number of aliphatic hydroxyl groups excluding tert-OH is 1. The molecule has 0 aromatic carbocycles. The first-order valence-corrected chi connectivity index (χ1v) is 6.46. The largest absolute Gasteiger partial charge is 0.460 e. The first-order chi connectivity index (χ1) is 9.65. The molecule has 0 spiro atoms. The minimum absolute atomic E-state index is 0.0446. The number of nitrogens with zero attached hydrogens (tertiary/aromatic N) is 6. The molecule has 102 valence electrons. The van der Waals surface area contributed by atoms with Gasteiger partial charge in [-0.25, -0.2) is 0 Å². The average Bonchev–Trinajstić information content (AvgIpc) is 3.04. The number of hydrogen-bond donors (Lipinski definition) is 1. The van der Waals surface area contributed by atoms with E-state index in [1.165, 1.54) is 16.4 Å². The highest BCUT2D eigenvalue weighted by Gasteiger charge is 2.23. The van der Waals surface area contributed by atoms with Gasteiger partial charge in [0.05, 0.1) is 6.61 Å². The number of thioether (sulfide) groups is 1. The Balaban J connectivity index is 2.16. The van der Waals surface area contributed by atoms with Gasteiger partial charge in [-0.3, -0.25) is 9.48 Å². The highest BCUT2D eigenvalue weighted by molar-refractivity contribution is 8.03. The molecule has 0 bridgehead atoms. The van der Waals surface area contributed by atoms with E-state index in [-0.39, 0.29) is 29.2 Å². The van der Waals surface area contributed by atoms with Gasteiger partial charge in [-0.15, -0.1) is 9.78 Å². The number of ether oxygens (including phenoxy) is 1. The topological polar surface area (TPSA) is 119 Å². The van der Waals surface area contributed by atoms with Crippen LogP contribution in [-0.2, 0) is 11.8 Å². The molecule has 0 saturated carbocycles. The minimum atomic E-state index is -0.489. The summed E-state index contributed by atoms with van der Waals surface area (Å²) in [6.45, 7) is -0.181. The van der Waals surface area contributed by atoms with Crippen molar-refractivity contribution < 1.29 is 9.84 Å².